The molecule has 0 N–H and O–H groups in total. The molecule has 0 aliphatic heterocycles. The van der Waals surface area contributed by atoms with E-state index < -0.39 is 0 Å². The number of hydrogen-bond donors (Lipinski definition) is 0. The van der Waals surface area contributed by atoms with Gasteiger partial charge >= 0.3 is 0 Å². The minimum Gasteiger partial charge on any atom is -0.369 e. The molecule has 0 unspecified atom stereocenters. The van der Waals surface area contributed by atoms with E-state index in [-0.39, 0.29) is 12.4 Å². The van der Waals surface area contributed by atoms with Crippen molar-refractivity contribution in [1.82, 2.24) is 0 Å². The Hall–Kier alpha value is -1.41. The summed E-state index contributed by atoms with van der Waals surface area (Å²) < 4.78 is 5.23. The van der Waals surface area contributed by atoms with Crippen molar-refractivity contribution in [2.75, 3.05) is 6.61 Å². The Kier molecular flexibility index (Phi) is 4.65. The van der Waals surface area contributed by atoms with Gasteiger partial charge in [-0.05, 0) is 18.6 Å². The van der Waals surface area contributed by atoms with Crippen molar-refractivity contribution >= 4 is 5.78 Å². The molecular weight excluding hydrogens is 176 g/mol. The lowest BCUT2D eigenvalue weighted by Gasteiger charge is -2.01. The molecular formula is C12H14O2. The van der Waals surface area contributed by atoms with Gasteiger partial charge in [0.05, 0.1) is 6.61 Å². The molecule has 0 saturated heterocycles. The zero-order valence-corrected chi connectivity index (χ0v) is 8.27. The number of rotatable bonds is 5. The van der Waals surface area contributed by atoms with Gasteiger partial charge in [-0.15, -0.1) is 0 Å². The van der Waals surface area contributed by atoms with Gasteiger partial charge in [-0.1, -0.05) is 36.4 Å². The Morgan fingerprint density at radius 2 is 2.07 bits per heavy atom. The molecule has 1 rings (SSSR count). The first-order chi connectivity index (χ1) is 6.83. The van der Waals surface area contributed by atoms with Gasteiger partial charge in [0, 0.05) is 0 Å². The van der Waals surface area contributed by atoms with E-state index in [9.17, 15) is 4.79 Å². The lowest BCUT2D eigenvalue weighted by Crippen LogP contribution is -2.05. The molecule has 0 heterocycles. The van der Waals surface area contributed by atoms with Crippen LogP contribution in [0, 0.1) is 0 Å². The summed E-state index contributed by atoms with van der Waals surface area (Å²) in [5.74, 6) is 0.00318. The zero-order chi connectivity index (χ0) is 10.2. The van der Waals surface area contributed by atoms with Crippen LogP contribution in [-0.2, 0) is 16.1 Å². The molecule has 0 saturated carbocycles. The average molecular weight is 190 g/mol. The molecule has 0 amide bonds. The monoisotopic (exact) mass is 190 g/mol. The Balaban J connectivity index is 2.25. The van der Waals surface area contributed by atoms with Gasteiger partial charge in [0.2, 0.25) is 0 Å². The van der Waals surface area contributed by atoms with Gasteiger partial charge in [-0.3, -0.25) is 4.79 Å². The number of allylic oxidation sites excluding steroid dienone is 1. The fraction of sp³-hybridized carbons (Fsp3) is 0.250. The normalized spacial score (nSPS) is 10.6. The van der Waals surface area contributed by atoms with Crippen LogP contribution in [0.5, 0.6) is 0 Å². The summed E-state index contributed by atoms with van der Waals surface area (Å²) in [6, 6.07) is 9.80. The number of carbonyl (C=O) groups is 1. The molecule has 0 spiro atoms. The smallest absolute Gasteiger partial charge is 0.180 e. The fourth-order valence-electron chi connectivity index (χ4n) is 1.08. The van der Waals surface area contributed by atoms with E-state index >= 15 is 0 Å². The summed E-state index contributed by atoms with van der Waals surface area (Å²) in [5.41, 5.74) is 1.08. The van der Waals surface area contributed by atoms with Crippen LogP contribution in [0.4, 0.5) is 0 Å². The summed E-state index contributed by atoms with van der Waals surface area (Å²) in [4.78, 5) is 11.0. The molecule has 0 radical (unpaired) electrons. The van der Waals surface area contributed by atoms with Gasteiger partial charge in [0.1, 0.15) is 6.61 Å². The van der Waals surface area contributed by atoms with Crippen molar-refractivity contribution in [3.63, 3.8) is 0 Å². The highest BCUT2D eigenvalue weighted by molar-refractivity contribution is 5.90. The Labute approximate surface area is 84.2 Å². The lowest BCUT2D eigenvalue weighted by molar-refractivity contribution is -0.119. The first-order valence-corrected chi connectivity index (χ1v) is 4.60. The van der Waals surface area contributed by atoms with Crippen LogP contribution in [0.15, 0.2) is 42.5 Å². The zero-order valence-electron chi connectivity index (χ0n) is 8.27. The minimum atomic E-state index is 0.00318. The Bertz CT molecular complexity index is 301. The van der Waals surface area contributed by atoms with Crippen LogP contribution in [0.3, 0.4) is 0 Å². The van der Waals surface area contributed by atoms with Crippen molar-refractivity contribution in [2.45, 2.75) is 13.5 Å². The predicted molar refractivity (Wildman–Crippen MR) is 55.9 cm³/mol. The predicted octanol–water partition coefficient (Wildman–Crippen LogP) is 2.35. The number of hydrogen-bond acceptors (Lipinski definition) is 2. The first kappa shape index (κ1) is 10.7. The van der Waals surface area contributed by atoms with Gasteiger partial charge in [0.25, 0.3) is 0 Å². The highest BCUT2D eigenvalue weighted by atomic mass is 16.5. The largest absolute Gasteiger partial charge is 0.369 e. The number of ketones is 1. The third-order valence-electron chi connectivity index (χ3n) is 1.71. The van der Waals surface area contributed by atoms with E-state index in [2.05, 4.69) is 0 Å². The molecule has 74 valence electrons. The molecule has 0 aromatic heterocycles. The van der Waals surface area contributed by atoms with E-state index in [1.165, 1.54) is 6.08 Å². The van der Waals surface area contributed by atoms with Crippen molar-refractivity contribution in [3.05, 3.63) is 48.0 Å². The highest BCUT2D eigenvalue weighted by Crippen LogP contribution is 2.00. The molecule has 0 fully saturated rings. The van der Waals surface area contributed by atoms with Crippen molar-refractivity contribution in [3.8, 4) is 0 Å². The molecule has 0 bridgehead atoms. The van der Waals surface area contributed by atoms with Crippen LogP contribution >= 0.6 is 0 Å². The van der Waals surface area contributed by atoms with E-state index in [1.54, 1.807) is 6.08 Å². The molecule has 2 nitrogen and oxygen atoms in total. The molecule has 2 heteroatoms. The second kappa shape index (κ2) is 6.11. The van der Waals surface area contributed by atoms with E-state index in [0.29, 0.717) is 6.61 Å². The second-order valence-corrected chi connectivity index (χ2v) is 2.94. The van der Waals surface area contributed by atoms with Crippen LogP contribution in [0.25, 0.3) is 0 Å². The quantitative estimate of drug-likeness (QED) is 0.666. The van der Waals surface area contributed by atoms with E-state index in [0.717, 1.165) is 5.56 Å². The SMILES string of the molecule is C/C=C/C(=O)COCc1ccccc1. The number of carbonyl (C=O) groups excluding carboxylic acids is 1. The molecule has 0 aliphatic rings. The van der Waals surface area contributed by atoms with Crippen molar-refractivity contribution in [2.24, 2.45) is 0 Å². The van der Waals surface area contributed by atoms with Crippen molar-refractivity contribution in [1.29, 1.82) is 0 Å². The summed E-state index contributed by atoms with van der Waals surface area (Å²) in [5, 5.41) is 0. The van der Waals surface area contributed by atoms with Gasteiger partial charge in [-0.25, -0.2) is 0 Å². The molecule has 14 heavy (non-hydrogen) atoms. The Morgan fingerprint density at radius 1 is 1.36 bits per heavy atom. The van der Waals surface area contributed by atoms with Gasteiger partial charge < -0.3 is 4.74 Å². The minimum absolute atomic E-state index is 0.00318. The van der Waals surface area contributed by atoms with Gasteiger partial charge in [0.15, 0.2) is 5.78 Å². The first-order valence-electron chi connectivity index (χ1n) is 4.60. The highest BCUT2D eigenvalue weighted by Gasteiger charge is 1.96. The van der Waals surface area contributed by atoms with Crippen LogP contribution < -0.4 is 0 Å². The average Bonchev–Trinajstić information content (AvgIpc) is 2.20. The number of benzene rings is 1. The third-order valence-corrected chi connectivity index (χ3v) is 1.71. The maximum absolute atomic E-state index is 11.0. The molecule has 0 aliphatic carbocycles. The summed E-state index contributed by atoms with van der Waals surface area (Å²) in [6.45, 7) is 2.46. The second-order valence-electron chi connectivity index (χ2n) is 2.94. The number of ether oxygens (including phenoxy) is 1. The fourth-order valence-corrected chi connectivity index (χ4v) is 1.08. The topological polar surface area (TPSA) is 26.3 Å². The molecule has 1 aromatic rings. The van der Waals surface area contributed by atoms with Gasteiger partial charge in [-0.2, -0.15) is 0 Å². The van der Waals surface area contributed by atoms with Crippen molar-refractivity contribution < 1.29 is 9.53 Å². The summed E-state index contributed by atoms with van der Waals surface area (Å²) in [6.07, 6.45) is 3.24. The van der Waals surface area contributed by atoms with Crippen LogP contribution in [0.1, 0.15) is 12.5 Å². The maximum atomic E-state index is 11.0. The van der Waals surface area contributed by atoms with E-state index in [1.807, 2.05) is 37.3 Å². The van der Waals surface area contributed by atoms with E-state index in [4.69, 9.17) is 4.74 Å². The lowest BCUT2D eigenvalue weighted by atomic mass is 10.2. The third kappa shape index (κ3) is 4.01. The maximum Gasteiger partial charge on any atom is 0.180 e. The summed E-state index contributed by atoms with van der Waals surface area (Å²) in [7, 11) is 0. The molecule has 0 atom stereocenters. The van der Waals surface area contributed by atoms with Crippen LogP contribution in [-0.4, -0.2) is 12.4 Å². The summed E-state index contributed by atoms with van der Waals surface area (Å²) >= 11 is 0. The molecule has 1 aromatic carbocycles. The Morgan fingerprint density at radius 3 is 2.71 bits per heavy atom. The van der Waals surface area contributed by atoms with Crippen LogP contribution in [0.2, 0.25) is 0 Å². The standard InChI is InChI=1S/C12H14O2/c1-2-6-12(13)10-14-9-11-7-4-3-5-8-11/h2-8H,9-10H2,1H3/b6-2+.